The number of aromatic nitrogens is 4. The van der Waals surface area contributed by atoms with E-state index >= 15 is 0 Å². The first-order valence-electron chi connectivity index (χ1n) is 9.00. The van der Waals surface area contributed by atoms with Crippen LogP contribution in [0.4, 0.5) is 0 Å². The number of hydrogen-bond acceptors (Lipinski definition) is 5. The molecule has 7 nitrogen and oxygen atoms in total. The van der Waals surface area contributed by atoms with Crippen LogP contribution in [0.1, 0.15) is 41.6 Å². The molecule has 0 atom stereocenters. The molecule has 27 heavy (non-hydrogen) atoms. The Morgan fingerprint density at radius 3 is 2.93 bits per heavy atom. The molecule has 138 valence electrons. The summed E-state index contributed by atoms with van der Waals surface area (Å²) in [6.07, 6.45) is 1.52. The van der Waals surface area contributed by atoms with Gasteiger partial charge in [-0.15, -0.1) is 0 Å². The highest BCUT2D eigenvalue weighted by molar-refractivity contribution is 5.97. The van der Waals surface area contributed by atoms with Crippen LogP contribution in [-0.2, 0) is 6.54 Å². The number of hydrogen-bond donors (Lipinski definition) is 1. The second kappa shape index (κ2) is 6.83. The van der Waals surface area contributed by atoms with Crippen LogP contribution in [0.25, 0.3) is 22.1 Å². The van der Waals surface area contributed by atoms with Gasteiger partial charge in [-0.25, -0.2) is 9.97 Å². The van der Waals surface area contributed by atoms with Gasteiger partial charge in [-0.2, -0.15) is 0 Å². The fourth-order valence-corrected chi connectivity index (χ4v) is 3.25. The lowest BCUT2D eigenvalue weighted by atomic mass is 10.1. The van der Waals surface area contributed by atoms with E-state index in [1.54, 1.807) is 6.07 Å². The maximum absolute atomic E-state index is 12.5. The van der Waals surface area contributed by atoms with Crippen molar-refractivity contribution in [3.63, 3.8) is 0 Å². The summed E-state index contributed by atoms with van der Waals surface area (Å²) < 4.78 is 7.33. The number of nitrogens with zero attached hydrogens (tertiary/aromatic N) is 4. The van der Waals surface area contributed by atoms with E-state index in [9.17, 15) is 4.79 Å². The van der Waals surface area contributed by atoms with Crippen molar-refractivity contribution in [1.82, 2.24) is 25.0 Å². The molecule has 0 aliphatic carbocycles. The van der Waals surface area contributed by atoms with Crippen molar-refractivity contribution >= 4 is 28.0 Å². The summed E-state index contributed by atoms with van der Waals surface area (Å²) in [7, 11) is 0. The van der Waals surface area contributed by atoms with Crippen molar-refractivity contribution < 1.29 is 9.32 Å². The van der Waals surface area contributed by atoms with E-state index < -0.39 is 0 Å². The summed E-state index contributed by atoms with van der Waals surface area (Å²) in [6, 6.07) is 9.78. The first-order valence-corrected chi connectivity index (χ1v) is 9.00. The number of nitrogens with one attached hydrogen (secondary N) is 1. The van der Waals surface area contributed by atoms with Crippen molar-refractivity contribution in [2.75, 3.05) is 6.54 Å². The molecule has 4 aromatic rings. The standard InChI is InChI=1S/C20H21N5O2/c1-12(2)18-15-10-14(11-22-20(15)27-24-18)19(26)21-8-9-25-13(3)23-16-6-4-5-7-17(16)25/h4-7,10-12H,8-9H2,1-3H3,(H,21,26). The van der Waals surface area contributed by atoms with Crippen LogP contribution in [0.15, 0.2) is 41.1 Å². The zero-order chi connectivity index (χ0) is 19.0. The van der Waals surface area contributed by atoms with E-state index in [1.807, 2.05) is 45.0 Å². The Balaban J connectivity index is 1.48. The SMILES string of the molecule is Cc1nc2ccccc2n1CCNC(=O)c1cnc2onc(C(C)C)c2c1. The molecule has 3 aromatic heterocycles. The largest absolute Gasteiger partial charge is 0.350 e. The second-order valence-electron chi connectivity index (χ2n) is 6.85. The maximum atomic E-state index is 12.5. The minimum Gasteiger partial charge on any atom is -0.350 e. The molecule has 7 heteroatoms. The third-order valence-corrected chi connectivity index (χ3v) is 4.63. The quantitative estimate of drug-likeness (QED) is 0.587. The van der Waals surface area contributed by atoms with Crippen molar-refractivity contribution in [2.45, 2.75) is 33.2 Å². The van der Waals surface area contributed by atoms with Crippen molar-refractivity contribution in [1.29, 1.82) is 0 Å². The molecular weight excluding hydrogens is 342 g/mol. The van der Waals surface area contributed by atoms with Crippen molar-refractivity contribution in [3.8, 4) is 0 Å². The Labute approximate surface area is 156 Å². The molecule has 0 aliphatic heterocycles. The van der Waals surface area contributed by atoms with Gasteiger partial charge in [-0.3, -0.25) is 4.79 Å². The average Bonchev–Trinajstić information content (AvgIpc) is 3.22. The van der Waals surface area contributed by atoms with Crippen LogP contribution in [0.2, 0.25) is 0 Å². The Kier molecular flexibility index (Phi) is 4.35. The highest BCUT2D eigenvalue weighted by atomic mass is 16.5. The van der Waals surface area contributed by atoms with Crippen LogP contribution in [0.5, 0.6) is 0 Å². The second-order valence-corrected chi connectivity index (χ2v) is 6.85. The van der Waals surface area contributed by atoms with E-state index in [4.69, 9.17) is 4.52 Å². The van der Waals surface area contributed by atoms with Gasteiger partial charge in [-0.1, -0.05) is 31.1 Å². The van der Waals surface area contributed by atoms with Gasteiger partial charge >= 0.3 is 0 Å². The molecule has 0 saturated carbocycles. The first-order chi connectivity index (χ1) is 13.0. The lowest BCUT2D eigenvalue weighted by Gasteiger charge is -2.09. The number of fused-ring (bicyclic) bond motifs is 2. The summed E-state index contributed by atoms with van der Waals surface area (Å²) in [6.45, 7) is 7.18. The maximum Gasteiger partial charge on any atom is 0.257 e. The van der Waals surface area contributed by atoms with Crippen LogP contribution < -0.4 is 5.32 Å². The number of amides is 1. The zero-order valence-electron chi connectivity index (χ0n) is 15.6. The summed E-state index contributed by atoms with van der Waals surface area (Å²) in [5.74, 6) is 0.964. The topological polar surface area (TPSA) is 85.8 Å². The fourth-order valence-electron chi connectivity index (χ4n) is 3.25. The summed E-state index contributed by atoms with van der Waals surface area (Å²) >= 11 is 0. The monoisotopic (exact) mass is 363 g/mol. The highest BCUT2D eigenvalue weighted by Crippen LogP contribution is 2.24. The minimum atomic E-state index is -0.164. The zero-order valence-corrected chi connectivity index (χ0v) is 15.6. The summed E-state index contributed by atoms with van der Waals surface area (Å²) in [4.78, 5) is 21.3. The Bertz CT molecular complexity index is 1130. The van der Waals surface area contributed by atoms with E-state index in [1.165, 1.54) is 6.20 Å². The Morgan fingerprint density at radius 2 is 2.11 bits per heavy atom. The van der Waals surface area contributed by atoms with Gasteiger partial charge in [-0.05, 0) is 31.0 Å². The molecule has 0 aliphatic rings. The predicted molar refractivity (Wildman–Crippen MR) is 103 cm³/mol. The number of aryl methyl sites for hydroxylation is 1. The van der Waals surface area contributed by atoms with Crippen molar-refractivity contribution in [3.05, 3.63) is 53.6 Å². The van der Waals surface area contributed by atoms with Gasteiger partial charge in [0, 0.05) is 19.3 Å². The number of para-hydroxylation sites is 2. The van der Waals surface area contributed by atoms with Gasteiger partial charge < -0.3 is 14.4 Å². The molecule has 0 fully saturated rings. The van der Waals surface area contributed by atoms with E-state index in [0.717, 1.165) is 27.9 Å². The third kappa shape index (κ3) is 3.16. The molecule has 3 heterocycles. The number of pyridine rings is 1. The van der Waals surface area contributed by atoms with Gasteiger partial charge in [0.25, 0.3) is 11.6 Å². The molecule has 1 amide bonds. The number of benzene rings is 1. The average molecular weight is 363 g/mol. The smallest absolute Gasteiger partial charge is 0.257 e. The van der Waals surface area contributed by atoms with Gasteiger partial charge in [0.05, 0.1) is 27.7 Å². The number of rotatable bonds is 5. The fraction of sp³-hybridized carbons (Fsp3) is 0.300. The lowest BCUT2D eigenvalue weighted by molar-refractivity contribution is 0.0952. The molecule has 1 aromatic carbocycles. The first kappa shape index (κ1) is 17.2. The van der Waals surface area contributed by atoms with E-state index in [0.29, 0.717) is 24.4 Å². The van der Waals surface area contributed by atoms with Crippen LogP contribution in [-0.4, -0.2) is 32.1 Å². The van der Waals surface area contributed by atoms with Gasteiger partial charge in [0.1, 0.15) is 5.82 Å². The summed E-state index contributed by atoms with van der Waals surface area (Å²) in [5, 5.41) is 7.79. The Morgan fingerprint density at radius 1 is 1.30 bits per heavy atom. The number of imidazole rings is 1. The third-order valence-electron chi connectivity index (χ3n) is 4.63. The molecule has 0 unspecified atom stereocenters. The van der Waals surface area contributed by atoms with E-state index in [2.05, 4.69) is 25.0 Å². The molecule has 0 radical (unpaired) electrons. The van der Waals surface area contributed by atoms with Gasteiger partial charge in [0.2, 0.25) is 0 Å². The van der Waals surface area contributed by atoms with Crippen LogP contribution >= 0.6 is 0 Å². The Hall–Kier alpha value is -3.22. The summed E-state index contributed by atoms with van der Waals surface area (Å²) in [5.41, 5.74) is 3.80. The van der Waals surface area contributed by atoms with Gasteiger partial charge in [0.15, 0.2) is 0 Å². The molecular formula is C20H21N5O2. The minimum absolute atomic E-state index is 0.164. The van der Waals surface area contributed by atoms with E-state index in [-0.39, 0.29) is 11.8 Å². The molecule has 1 N–H and O–H groups in total. The van der Waals surface area contributed by atoms with Crippen LogP contribution in [0.3, 0.4) is 0 Å². The molecule has 0 spiro atoms. The lowest BCUT2D eigenvalue weighted by Crippen LogP contribution is -2.27. The van der Waals surface area contributed by atoms with Crippen LogP contribution in [0, 0.1) is 6.92 Å². The number of carbonyl (C=O) groups excluding carboxylic acids is 1. The normalized spacial score (nSPS) is 11.6. The predicted octanol–water partition coefficient (Wildman–Crippen LogP) is 3.43. The highest BCUT2D eigenvalue weighted by Gasteiger charge is 2.15. The number of carbonyl (C=O) groups is 1. The molecule has 4 rings (SSSR count). The molecule has 0 bridgehead atoms. The molecule has 0 saturated heterocycles. The van der Waals surface area contributed by atoms with Crippen molar-refractivity contribution in [2.24, 2.45) is 0 Å².